The smallest absolute Gasteiger partial charge is 0.353 e. The molecule has 0 aromatic heterocycles. The van der Waals surface area contributed by atoms with Crippen molar-refractivity contribution in [2.75, 3.05) is 5.75 Å². The number of fused-ring (bicyclic) bond motifs is 1. The normalized spacial score (nSPS) is 25.1. The van der Waals surface area contributed by atoms with Crippen LogP contribution in [0.25, 0.3) is 0 Å². The van der Waals surface area contributed by atoms with E-state index in [0.29, 0.717) is 12.2 Å². The molecule has 0 spiro atoms. The number of hydrogen-bond donors (Lipinski definition) is 1. The fraction of sp³-hybridized carbons (Fsp3) is 0.429. The van der Waals surface area contributed by atoms with Crippen LogP contribution in [0.2, 0.25) is 0 Å². The number of carboxylic acids is 1. The SMILES string of the molecule is O=C(O)C1=C(Cl)CS[C@@H]2CC(=O)N12.[Na]. The van der Waals surface area contributed by atoms with Gasteiger partial charge in [-0.25, -0.2) is 4.79 Å². The number of halogens is 1. The number of β-lactam (4-membered cyclic amide) rings is 1. The fourth-order valence-corrected chi connectivity index (χ4v) is 2.85. The van der Waals surface area contributed by atoms with Gasteiger partial charge in [-0.15, -0.1) is 11.8 Å². The molecule has 0 aromatic carbocycles. The fourth-order valence-electron chi connectivity index (χ4n) is 1.38. The van der Waals surface area contributed by atoms with Gasteiger partial charge in [0.1, 0.15) is 5.70 Å². The van der Waals surface area contributed by atoms with E-state index in [0.717, 1.165) is 0 Å². The third-order valence-electron chi connectivity index (χ3n) is 2.01. The van der Waals surface area contributed by atoms with Gasteiger partial charge < -0.3 is 5.11 Å². The molecule has 0 aromatic rings. The molecule has 1 atom stereocenters. The van der Waals surface area contributed by atoms with E-state index in [1.165, 1.54) is 16.7 Å². The third-order valence-corrected chi connectivity index (χ3v) is 3.70. The zero-order valence-corrected chi connectivity index (χ0v) is 11.1. The molecule has 2 heterocycles. The Labute approximate surface area is 112 Å². The average Bonchev–Trinajstić information content (AvgIpc) is 2.05. The minimum Gasteiger partial charge on any atom is -0.477 e. The average molecular weight is 243 g/mol. The maximum atomic E-state index is 11.1. The van der Waals surface area contributed by atoms with Gasteiger partial charge in [-0.1, -0.05) is 11.6 Å². The van der Waals surface area contributed by atoms with Crippen molar-refractivity contribution in [3.63, 3.8) is 0 Å². The van der Waals surface area contributed by atoms with Crippen LogP contribution in [0.3, 0.4) is 0 Å². The molecule has 0 bridgehead atoms. The van der Waals surface area contributed by atoms with Crippen molar-refractivity contribution in [3.05, 3.63) is 10.7 Å². The standard InChI is InChI=1S/C7H6ClNO3S.Na/c8-3-2-13-5-1-4(10)9(5)6(3)7(11)12;/h5H,1-2H2,(H,11,12);/t5-;/m1./s1. The van der Waals surface area contributed by atoms with Crippen molar-refractivity contribution < 1.29 is 14.7 Å². The van der Waals surface area contributed by atoms with Gasteiger partial charge in [-0.05, 0) is 0 Å². The minimum atomic E-state index is -1.12. The van der Waals surface area contributed by atoms with Crippen LogP contribution < -0.4 is 0 Å². The molecule has 2 aliphatic heterocycles. The number of hydrogen-bond acceptors (Lipinski definition) is 3. The van der Waals surface area contributed by atoms with Crippen molar-refractivity contribution in [1.29, 1.82) is 0 Å². The van der Waals surface area contributed by atoms with Crippen LogP contribution in [0.15, 0.2) is 10.7 Å². The molecule has 1 N–H and O–H groups in total. The van der Waals surface area contributed by atoms with Crippen LogP contribution in [0.5, 0.6) is 0 Å². The van der Waals surface area contributed by atoms with Crippen molar-refractivity contribution >= 4 is 64.8 Å². The number of amides is 1. The molecule has 2 aliphatic rings. The van der Waals surface area contributed by atoms with Gasteiger partial charge in [0.2, 0.25) is 5.91 Å². The van der Waals surface area contributed by atoms with Crippen molar-refractivity contribution in [1.82, 2.24) is 4.90 Å². The molecule has 7 heteroatoms. The number of aliphatic carboxylic acids is 1. The Hall–Kier alpha value is 0.320. The van der Waals surface area contributed by atoms with E-state index >= 15 is 0 Å². The zero-order chi connectivity index (χ0) is 9.59. The van der Waals surface area contributed by atoms with Gasteiger partial charge >= 0.3 is 5.97 Å². The summed E-state index contributed by atoms with van der Waals surface area (Å²) in [5.74, 6) is -0.798. The molecule has 1 radical (unpaired) electrons. The Morgan fingerprint density at radius 2 is 2.29 bits per heavy atom. The van der Waals surface area contributed by atoms with Gasteiger partial charge in [-0.2, -0.15) is 0 Å². The van der Waals surface area contributed by atoms with Crippen LogP contribution in [0.4, 0.5) is 0 Å². The predicted octanol–water partition coefficient (Wildman–Crippen LogP) is 0.446. The second-order valence-electron chi connectivity index (χ2n) is 2.79. The third kappa shape index (κ3) is 1.84. The van der Waals surface area contributed by atoms with Crippen LogP contribution in [0, 0.1) is 0 Å². The van der Waals surface area contributed by atoms with Crippen LogP contribution in [0.1, 0.15) is 6.42 Å². The van der Waals surface area contributed by atoms with Crippen LogP contribution in [-0.2, 0) is 9.59 Å². The van der Waals surface area contributed by atoms with Gasteiger partial charge in [0.25, 0.3) is 0 Å². The minimum absolute atomic E-state index is 0. The molecular weight excluding hydrogens is 237 g/mol. The Morgan fingerprint density at radius 3 is 2.71 bits per heavy atom. The largest absolute Gasteiger partial charge is 0.477 e. The first-order valence-corrected chi connectivity index (χ1v) is 5.09. The van der Waals surface area contributed by atoms with E-state index < -0.39 is 5.97 Å². The summed E-state index contributed by atoms with van der Waals surface area (Å²) in [6.07, 6.45) is 0.422. The molecule has 4 nitrogen and oxygen atoms in total. The summed E-state index contributed by atoms with van der Waals surface area (Å²) < 4.78 is 0. The van der Waals surface area contributed by atoms with E-state index in [-0.39, 0.29) is 51.6 Å². The molecule has 71 valence electrons. The second-order valence-corrected chi connectivity index (χ2v) is 4.41. The van der Waals surface area contributed by atoms with Crippen molar-refractivity contribution in [2.45, 2.75) is 11.8 Å². The second kappa shape index (κ2) is 4.45. The molecule has 1 fully saturated rings. The molecule has 2 rings (SSSR count). The van der Waals surface area contributed by atoms with Gasteiger partial charge in [-0.3, -0.25) is 9.69 Å². The van der Waals surface area contributed by atoms with Crippen LogP contribution in [-0.4, -0.2) is 62.6 Å². The van der Waals surface area contributed by atoms with Crippen molar-refractivity contribution in [2.24, 2.45) is 0 Å². The maximum Gasteiger partial charge on any atom is 0.353 e. The maximum absolute atomic E-state index is 11.1. The topological polar surface area (TPSA) is 57.6 Å². The number of rotatable bonds is 1. The Bertz CT molecular complexity index is 333. The van der Waals surface area contributed by atoms with Gasteiger partial charge in [0, 0.05) is 35.3 Å². The summed E-state index contributed by atoms with van der Waals surface area (Å²) in [5, 5.41) is 9.04. The zero-order valence-electron chi connectivity index (χ0n) is 7.49. The van der Waals surface area contributed by atoms with E-state index in [1.807, 2.05) is 0 Å². The quantitative estimate of drug-likeness (QED) is 0.536. The first-order chi connectivity index (χ1) is 6.11. The molecule has 0 unspecified atom stereocenters. The van der Waals surface area contributed by atoms with Gasteiger partial charge in [0.15, 0.2) is 0 Å². The first kappa shape index (κ1) is 12.4. The number of carbonyl (C=O) groups excluding carboxylic acids is 1. The number of nitrogens with zero attached hydrogens (tertiary/aromatic N) is 1. The van der Waals surface area contributed by atoms with E-state index in [1.54, 1.807) is 0 Å². The molecular formula is C7H6ClNNaO3S. The Kier molecular flexibility index (Phi) is 3.94. The number of carboxylic acid groups (broad SMARTS) is 1. The molecule has 14 heavy (non-hydrogen) atoms. The predicted molar refractivity (Wildman–Crippen MR) is 54.0 cm³/mol. The summed E-state index contributed by atoms with van der Waals surface area (Å²) in [6.45, 7) is 0. The van der Waals surface area contributed by atoms with Crippen LogP contribution >= 0.6 is 23.4 Å². The van der Waals surface area contributed by atoms with Crippen molar-refractivity contribution in [3.8, 4) is 0 Å². The molecule has 1 amide bonds. The molecule has 1 saturated heterocycles. The summed E-state index contributed by atoms with van der Waals surface area (Å²) in [5.41, 5.74) is -0.0401. The van der Waals surface area contributed by atoms with E-state index in [4.69, 9.17) is 16.7 Å². The van der Waals surface area contributed by atoms with Gasteiger partial charge in [0.05, 0.1) is 16.8 Å². The Balaban J connectivity index is 0.000000980. The molecule has 0 aliphatic carbocycles. The Morgan fingerprint density at radius 1 is 1.64 bits per heavy atom. The summed E-state index contributed by atoms with van der Waals surface area (Å²) in [7, 11) is 0. The van der Waals surface area contributed by atoms with E-state index in [2.05, 4.69) is 0 Å². The summed E-state index contributed by atoms with van der Waals surface area (Å²) >= 11 is 7.22. The number of carbonyl (C=O) groups is 2. The summed E-state index contributed by atoms with van der Waals surface area (Å²) in [6, 6.07) is 0. The number of thioether (sulfide) groups is 1. The summed E-state index contributed by atoms with van der Waals surface area (Å²) in [4.78, 5) is 23.1. The van der Waals surface area contributed by atoms with E-state index in [9.17, 15) is 9.59 Å². The first-order valence-electron chi connectivity index (χ1n) is 3.67. The molecule has 0 saturated carbocycles. The monoisotopic (exact) mass is 242 g/mol.